The minimum absolute atomic E-state index is 0.0169. The van der Waals surface area contributed by atoms with Crippen LogP contribution in [0.1, 0.15) is 22.6 Å². The zero-order valence-electron chi connectivity index (χ0n) is 14.6. The van der Waals surface area contributed by atoms with Crippen LogP contribution in [-0.4, -0.2) is 43.7 Å². The van der Waals surface area contributed by atoms with Gasteiger partial charge in [-0.15, -0.1) is 22.7 Å². The van der Waals surface area contributed by atoms with Gasteiger partial charge in [-0.2, -0.15) is 4.31 Å². The monoisotopic (exact) mass is 432 g/mol. The highest BCUT2D eigenvalue weighted by Crippen LogP contribution is 2.29. The van der Waals surface area contributed by atoms with Crippen LogP contribution in [-0.2, 0) is 21.4 Å². The Labute approximate surface area is 167 Å². The van der Waals surface area contributed by atoms with E-state index in [9.17, 15) is 13.2 Å². The van der Waals surface area contributed by atoms with Crippen LogP contribution < -0.4 is 0 Å². The highest BCUT2D eigenvalue weighted by molar-refractivity contribution is 7.91. The number of carbonyl (C=O) groups excluding carboxylic acids is 1. The first-order valence-electron chi connectivity index (χ1n) is 8.33. The van der Waals surface area contributed by atoms with E-state index >= 15 is 0 Å². The Hall–Kier alpha value is -0.930. The first-order chi connectivity index (χ1) is 12.3. The van der Waals surface area contributed by atoms with Crippen LogP contribution in [0.15, 0.2) is 28.5 Å². The number of sulfonamides is 1. The fourth-order valence-corrected chi connectivity index (χ4v) is 7.20. The average Bonchev–Trinajstić information content (AvgIpc) is 3.23. The largest absolute Gasteiger partial charge is 0.340 e. The first-order valence-corrected chi connectivity index (χ1v) is 11.8. The van der Waals surface area contributed by atoms with Crippen LogP contribution in [0.25, 0.3) is 0 Å². The van der Waals surface area contributed by atoms with Crippen LogP contribution in [0.5, 0.6) is 0 Å². The van der Waals surface area contributed by atoms with Gasteiger partial charge in [0.15, 0.2) is 0 Å². The van der Waals surface area contributed by atoms with Gasteiger partial charge in [0.2, 0.25) is 5.91 Å². The summed E-state index contributed by atoms with van der Waals surface area (Å²) in [5.74, 6) is -0.322. The molecule has 26 heavy (non-hydrogen) atoms. The van der Waals surface area contributed by atoms with Gasteiger partial charge in [0.25, 0.3) is 10.0 Å². The number of nitrogens with zero attached hydrogens (tertiary/aromatic N) is 2. The second-order valence-electron chi connectivity index (χ2n) is 6.47. The molecule has 3 rings (SSSR count). The molecule has 0 aliphatic carbocycles. The summed E-state index contributed by atoms with van der Waals surface area (Å²) in [4.78, 5) is 16.4. The zero-order chi connectivity index (χ0) is 18.9. The number of amides is 1. The Morgan fingerprint density at radius 3 is 2.69 bits per heavy atom. The van der Waals surface area contributed by atoms with E-state index in [1.807, 2.05) is 25.1 Å². The van der Waals surface area contributed by atoms with Crippen molar-refractivity contribution in [2.45, 2.75) is 30.5 Å². The molecule has 1 fully saturated rings. The average molecular weight is 433 g/mol. The Morgan fingerprint density at radius 2 is 2.08 bits per heavy atom. The van der Waals surface area contributed by atoms with Crippen LogP contribution in [0, 0.1) is 12.8 Å². The molecule has 0 saturated carbocycles. The van der Waals surface area contributed by atoms with Crippen molar-refractivity contribution in [2.75, 3.05) is 20.1 Å². The van der Waals surface area contributed by atoms with Crippen molar-refractivity contribution in [1.82, 2.24) is 9.21 Å². The van der Waals surface area contributed by atoms with E-state index in [-0.39, 0.29) is 18.4 Å². The molecule has 1 unspecified atom stereocenters. The fourth-order valence-electron chi connectivity index (χ4n) is 3.10. The van der Waals surface area contributed by atoms with E-state index in [4.69, 9.17) is 11.6 Å². The number of piperidine rings is 1. The van der Waals surface area contributed by atoms with Crippen molar-refractivity contribution >= 4 is 50.2 Å². The normalized spacial score (nSPS) is 18.8. The smallest absolute Gasteiger partial charge is 0.252 e. The summed E-state index contributed by atoms with van der Waals surface area (Å²) < 4.78 is 28.2. The maximum absolute atomic E-state index is 12.8. The Morgan fingerprint density at radius 1 is 1.31 bits per heavy atom. The summed E-state index contributed by atoms with van der Waals surface area (Å²) in [7, 11) is -1.77. The molecule has 0 N–H and O–H groups in total. The second-order valence-corrected chi connectivity index (χ2v) is 11.7. The molecule has 0 spiro atoms. The van der Waals surface area contributed by atoms with Crippen molar-refractivity contribution in [3.63, 3.8) is 0 Å². The number of aryl methyl sites for hydroxylation is 1. The Kier molecular flexibility index (Phi) is 6.08. The van der Waals surface area contributed by atoms with E-state index in [0.717, 1.165) is 9.75 Å². The summed E-state index contributed by atoms with van der Waals surface area (Å²) in [5, 5.41) is 0. The van der Waals surface area contributed by atoms with Crippen LogP contribution in [0.3, 0.4) is 0 Å². The topological polar surface area (TPSA) is 57.7 Å². The highest BCUT2D eigenvalue weighted by atomic mass is 35.5. The lowest BCUT2D eigenvalue weighted by atomic mass is 9.98. The minimum atomic E-state index is -3.52. The molecule has 1 amide bonds. The lowest BCUT2D eigenvalue weighted by Crippen LogP contribution is -2.45. The molecule has 5 nitrogen and oxygen atoms in total. The summed E-state index contributed by atoms with van der Waals surface area (Å²) in [6.45, 7) is 3.09. The summed E-state index contributed by atoms with van der Waals surface area (Å²) in [5.41, 5.74) is 0. The number of thiophene rings is 2. The molecule has 142 valence electrons. The highest BCUT2D eigenvalue weighted by Gasteiger charge is 2.35. The molecular formula is C17H21ClN2O3S3. The molecule has 9 heteroatoms. The van der Waals surface area contributed by atoms with Gasteiger partial charge >= 0.3 is 0 Å². The summed E-state index contributed by atoms with van der Waals surface area (Å²) >= 11 is 8.67. The van der Waals surface area contributed by atoms with Gasteiger partial charge in [-0.1, -0.05) is 11.6 Å². The number of carbonyl (C=O) groups is 1. The van der Waals surface area contributed by atoms with Crippen molar-refractivity contribution < 1.29 is 13.2 Å². The molecule has 0 radical (unpaired) electrons. The molecule has 0 aromatic carbocycles. The van der Waals surface area contributed by atoms with Gasteiger partial charge in [0, 0.05) is 29.9 Å². The molecule has 1 atom stereocenters. The maximum atomic E-state index is 12.8. The summed E-state index contributed by atoms with van der Waals surface area (Å²) in [6, 6.07) is 7.18. The number of halogens is 1. The van der Waals surface area contributed by atoms with E-state index < -0.39 is 10.0 Å². The van der Waals surface area contributed by atoms with Crippen molar-refractivity contribution in [1.29, 1.82) is 0 Å². The minimum Gasteiger partial charge on any atom is -0.340 e. The number of rotatable bonds is 5. The maximum Gasteiger partial charge on any atom is 0.252 e. The van der Waals surface area contributed by atoms with Gasteiger partial charge < -0.3 is 4.90 Å². The SMILES string of the molecule is Cc1ccc(S(=O)(=O)N2CCCC(C(=O)N(C)Cc3ccc(Cl)s3)C2)s1. The van der Waals surface area contributed by atoms with Crippen molar-refractivity contribution in [2.24, 2.45) is 5.92 Å². The molecule has 1 aliphatic rings. The molecular weight excluding hydrogens is 412 g/mol. The predicted octanol–water partition coefficient (Wildman–Crippen LogP) is 3.83. The van der Waals surface area contributed by atoms with Crippen LogP contribution in [0.2, 0.25) is 4.34 Å². The van der Waals surface area contributed by atoms with Crippen LogP contribution in [0.4, 0.5) is 0 Å². The molecule has 0 bridgehead atoms. The summed E-state index contributed by atoms with van der Waals surface area (Å²) in [6.07, 6.45) is 1.41. The zero-order valence-corrected chi connectivity index (χ0v) is 17.8. The third-order valence-corrected chi connectivity index (χ3v) is 8.99. The van der Waals surface area contributed by atoms with E-state index in [1.54, 1.807) is 18.0 Å². The van der Waals surface area contributed by atoms with Gasteiger partial charge in [-0.25, -0.2) is 8.42 Å². The first kappa shape index (κ1) is 19.8. The molecule has 1 saturated heterocycles. The molecule has 2 aromatic heterocycles. The van der Waals surface area contributed by atoms with Gasteiger partial charge in [-0.05, 0) is 44.0 Å². The Balaban J connectivity index is 1.68. The standard InChI is InChI=1S/C17H21ClN2O3S3/c1-12-5-8-16(24-12)26(22,23)20-9-3-4-13(10-20)17(21)19(2)11-14-6-7-15(18)25-14/h5-8,13H,3-4,9-11H2,1-2H3. The Bertz CT molecular complexity index is 891. The predicted molar refractivity (Wildman–Crippen MR) is 106 cm³/mol. The molecule has 1 aliphatic heterocycles. The third kappa shape index (κ3) is 4.31. The van der Waals surface area contributed by atoms with E-state index in [0.29, 0.717) is 34.5 Å². The van der Waals surface area contributed by atoms with E-state index in [1.165, 1.54) is 27.0 Å². The second kappa shape index (κ2) is 7.98. The number of hydrogen-bond acceptors (Lipinski definition) is 5. The van der Waals surface area contributed by atoms with Crippen molar-refractivity contribution in [3.8, 4) is 0 Å². The molecule has 2 aromatic rings. The quantitative estimate of drug-likeness (QED) is 0.721. The van der Waals surface area contributed by atoms with Gasteiger partial charge in [-0.3, -0.25) is 4.79 Å². The van der Waals surface area contributed by atoms with Gasteiger partial charge in [0.05, 0.1) is 16.8 Å². The van der Waals surface area contributed by atoms with Gasteiger partial charge in [0.1, 0.15) is 4.21 Å². The third-order valence-electron chi connectivity index (χ3n) is 4.44. The molecule has 3 heterocycles. The lowest BCUT2D eigenvalue weighted by Gasteiger charge is -2.32. The van der Waals surface area contributed by atoms with Crippen molar-refractivity contribution in [3.05, 3.63) is 38.4 Å². The fraction of sp³-hybridized carbons (Fsp3) is 0.471. The van der Waals surface area contributed by atoms with Crippen LogP contribution >= 0.6 is 34.3 Å². The lowest BCUT2D eigenvalue weighted by molar-refractivity contribution is -0.135. The van der Waals surface area contributed by atoms with E-state index in [2.05, 4.69) is 0 Å². The number of hydrogen-bond donors (Lipinski definition) is 0.